The minimum absolute atomic E-state index is 0.355. The zero-order chi connectivity index (χ0) is 13.8. The molecule has 0 bridgehead atoms. The van der Waals surface area contributed by atoms with Crippen molar-refractivity contribution in [3.63, 3.8) is 0 Å². The number of ether oxygens (including phenoxy) is 1. The van der Waals surface area contributed by atoms with Crippen LogP contribution in [0.15, 0.2) is 24.4 Å². The van der Waals surface area contributed by atoms with Gasteiger partial charge in [0.15, 0.2) is 0 Å². The van der Waals surface area contributed by atoms with Gasteiger partial charge in [-0.3, -0.25) is 4.98 Å². The Balaban J connectivity index is 2.37. The lowest BCUT2D eigenvalue weighted by atomic mass is 10.1. The van der Waals surface area contributed by atoms with E-state index in [1.54, 1.807) is 13.0 Å². The van der Waals surface area contributed by atoms with Crippen LogP contribution < -0.4 is 0 Å². The van der Waals surface area contributed by atoms with E-state index in [0.29, 0.717) is 6.61 Å². The summed E-state index contributed by atoms with van der Waals surface area (Å²) < 4.78 is 4.83. The second-order valence-corrected chi connectivity index (χ2v) is 4.24. The fourth-order valence-corrected chi connectivity index (χ4v) is 1.83. The first kappa shape index (κ1) is 13.2. The highest BCUT2D eigenvalue weighted by molar-refractivity contribution is 5.88. The molecule has 0 amide bonds. The molecule has 2 aromatic rings. The normalized spacial score (nSPS) is 11.1. The minimum Gasteiger partial charge on any atom is -0.463 e. The molecule has 0 aromatic carbocycles. The Hall–Kier alpha value is -2.23. The standard InChI is InChI=1S/C15H16N2O2/c1-4-19-14(18)8-6-12-5-7-13-11(3)16-9-10(2)15(13)17-12/h5-9H,4H2,1-3H3/b8-6+. The Morgan fingerprint density at radius 2 is 2.16 bits per heavy atom. The predicted molar refractivity (Wildman–Crippen MR) is 74.7 cm³/mol. The van der Waals surface area contributed by atoms with Crippen LogP contribution in [0, 0.1) is 13.8 Å². The van der Waals surface area contributed by atoms with E-state index in [4.69, 9.17) is 4.74 Å². The maximum absolute atomic E-state index is 11.3. The second-order valence-electron chi connectivity index (χ2n) is 4.24. The third kappa shape index (κ3) is 2.96. The van der Waals surface area contributed by atoms with E-state index in [2.05, 4.69) is 9.97 Å². The van der Waals surface area contributed by atoms with Gasteiger partial charge in [0.1, 0.15) is 0 Å². The van der Waals surface area contributed by atoms with Gasteiger partial charge in [-0.25, -0.2) is 9.78 Å². The first-order valence-corrected chi connectivity index (χ1v) is 6.19. The smallest absolute Gasteiger partial charge is 0.330 e. The Morgan fingerprint density at radius 3 is 2.89 bits per heavy atom. The lowest BCUT2D eigenvalue weighted by Crippen LogP contribution is -1.99. The van der Waals surface area contributed by atoms with Crippen LogP contribution in [-0.4, -0.2) is 22.5 Å². The molecule has 0 atom stereocenters. The van der Waals surface area contributed by atoms with Crippen molar-refractivity contribution >= 4 is 22.9 Å². The van der Waals surface area contributed by atoms with Crippen molar-refractivity contribution in [2.45, 2.75) is 20.8 Å². The molecular formula is C15H16N2O2. The zero-order valence-corrected chi connectivity index (χ0v) is 11.3. The van der Waals surface area contributed by atoms with E-state index in [1.807, 2.05) is 32.2 Å². The Labute approximate surface area is 112 Å². The number of carbonyl (C=O) groups is 1. The summed E-state index contributed by atoms with van der Waals surface area (Å²) in [7, 11) is 0. The number of hydrogen-bond donors (Lipinski definition) is 0. The molecule has 2 aromatic heterocycles. The number of aryl methyl sites for hydroxylation is 2. The average Bonchev–Trinajstić information content (AvgIpc) is 2.41. The van der Waals surface area contributed by atoms with Gasteiger partial charge in [0.2, 0.25) is 0 Å². The SMILES string of the molecule is CCOC(=O)/C=C/c1ccc2c(C)ncc(C)c2n1. The van der Waals surface area contributed by atoms with Gasteiger partial charge in [0, 0.05) is 23.4 Å². The summed E-state index contributed by atoms with van der Waals surface area (Å²) in [6.45, 7) is 6.08. The van der Waals surface area contributed by atoms with Crippen molar-refractivity contribution in [1.29, 1.82) is 0 Å². The van der Waals surface area contributed by atoms with Gasteiger partial charge >= 0.3 is 5.97 Å². The van der Waals surface area contributed by atoms with Crippen LogP contribution in [0.4, 0.5) is 0 Å². The number of rotatable bonds is 3. The molecular weight excluding hydrogens is 240 g/mol. The molecule has 0 unspecified atom stereocenters. The number of esters is 1. The van der Waals surface area contributed by atoms with Gasteiger partial charge in [-0.2, -0.15) is 0 Å². The monoisotopic (exact) mass is 256 g/mol. The van der Waals surface area contributed by atoms with Gasteiger partial charge < -0.3 is 4.74 Å². The molecule has 2 heterocycles. The van der Waals surface area contributed by atoms with Gasteiger partial charge in [0.05, 0.1) is 17.8 Å². The summed E-state index contributed by atoms with van der Waals surface area (Å²) >= 11 is 0. The molecule has 19 heavy (non-hydrogen) atoms. The number of aromatic nitrogens is 2. The molecule has 0 saturated carbocycles. The lowest BCUT2D eigenvalue weighted by Gasteiger charge is -2.04. The summed E-state index contributed by atoms with van der Waals surface area (Å²) in [5.74, 6) is -0.355. The third-order valence-electron chi connectivity index (χ3n) is 2.81. The molecule has 0 radical (unpaired) electrons. The summed E-state index contributed by atoms with van der Waals surface area (Å²) in [5, 5.41) is 1.04. The molecule has 0 spiro atoms. The molecule has 98 valence electrons. The quantitative estimate of drug-likeness (QED) is 0.626. The molecule has 4 heteroatoms. The number of fused-ring (bicyclic) bond motifs is 1. The number of pyridine rings is 2. The van der Waals surface area contributed by atoms with Gasteiger partial charge in [-0.1, -0.05) is 0 Å². The van der Waals surface area contributed by atoms with Crippen LogP contribution in [-0.2, 0) is 9.53 Å². The summed E-state index contributed by atoms with van der Waals surface area (Å²) in [4.78, 5) is 20.1. The van der Waals surface area contributed by atoms with Crippen molar-refractivity contribution in [2.24, 2.45) is 0 Å². The highest BCUT2D eigenvalue weighted by Gasteiger charge is 2.04. The van der Waals surface area contributed by atoms with Crippen molar-refractivity contribution in [3.8, 4) is 0 Å². The number of nitrogens with zero attached hydrogens (tertiary/aromatic N) is 2. The van der Waals surface area contributed by atoms with E-state index < -0.39 is 0 Å². The van der Waals surface area contributed by atoms with E-state index >= 15 is 0 Å². The Morgan fingerprint density at radius 1 is 1.37 bits per heavy atom. The maximum atomic E-state index is 11.3. The van der Waals surface area contributed by atoms with Crippen molar-refractivity contribution < 1.29 is 9.53 Å². The van der Waals surface area contributed by atoms with E-state index in [9.17, 15) is 4.79 Å². The molecule has 0 aliphatic rings. The van der Waals surface area contributed by atoms with Crippen LogP contribution in [0.1, 0.15) is 23.9 Å². The Kier molecular flexibility index (Phi) is 3.90. The van der Waals surface area contributed by atoms with Crippen LogP contribution >= 0.6 is 0 Å². The highest BCUT2D eigenvalue weighted by atomic mass is 16.5. The lowest BCUT2D eigenvalue weighted by molar-refractivity contribution is -0.137. The summed E-state index contributed by atoms with van der Waals surface area (Å²) in [5.41, 5.74) is 3.62. The van der Waals surface area contributed by atoms with Gasteiger partial charge in [-0.15, -0.1) is 0 Å². The zero-order valence-electron chi connectivity index (χ0n) is 11.3. The van der Waals surface area contributed by atoms with Crippen LogP contribution in [0.5, 0.6) is 0 Å². The predicted octanol–water partition coefficient (Wildman–Crippen LogP) is 2.82. The fourth-order valence-electron chi connectivity index (χ4n) is 1.83. The summed E-state index contributed by atoms with van der Waals surface area (Å²) in [6.07, 6.45) is 4.86. The molecule has 0 aliphatic heterocycles. The molecule has 2 rings (SSSR count). The molecule has 4 nitrogen and oxygen atoms in total. The van der Waals surface area contributed by atoms with Crippen LogP contribution in [0.3, 0.4) is 0 Å². The topological polar surface area (TPSA) is 52.1 Å². The Bertz CT molecular complexity index is 648. The molecule has 0 fully saturated rings. The maximum Gasteiger partial charge on any atom is 0.330 e. The number of hydrogen-bond acceptors (Lipinski definition) is 4. The van der Waals surface area contributed by atoms with E-state index in [1.165, 1.54) is 6.08 Å². The second kappa shape index (κ2) is 5.61. The summed E-state index contributed by atoms with van der Waals surface area (Å²) in [6, 6.07) is 3.84. The molecule has 0 aliphatic carbocycles. The average molecular weight is 256 g/mol. The largest absolute Gasteiger partial charge is 0.463 e. The van der Waals surface area contributed by atoms with Gasteiger partial charge in [-0.05, 0) is 44.5 Å². The third-order valence-corrected chi connectivity index (χ3v) is 2.81. The first-order valence-electron chi connectivity index (χ1n) is 6.19. The van der Waals surface area contributed by atoms with Crippen molar-refractivity contribution in [2.75, 3.05) is 6.61 Å². The highest BCUT2D eigenvalue weighted by Crippen LogP contribution is 2.19. The van der Waals surface area contributed by atoms with Crippen LogP contribution in [0.2, 0.25) is 0 Å². The number of carbonyl (C=O) groups excluding carboxylic acids is 1. The van der Waals surface area contributed by atoms with Crippen molar-refractivity contribution in [3.05, 3.63) is 41.4 Å². The molecule has 0 saturated heterocycles. The van der Waals surface area contributed by atoms with E-state index in [0.717, 1.165) is 27.9 Å². The first-order chi connectivity index (χ1) is 9.11. The minimum atomic E-state index is -0.355. The van der Waals surface area contributed by atoms with Crippen molar-refractivity contribution in [1.82, 2.24) is 9.97 Å². The van der Waals surface area contributed by atoms with Crippen LogP contribution in [0.25, 0.3) is 17.0 Å². The van der Waals surface area contributed by atoms with Gasteiger partial charge in [0.25, 0.3) is 0 Å². The van der Waals surface area contributed by atoms with E-state index in [-0.39, 0.29) is 5.97 Å². The fraction of sp³-hybridized carbons (Fsp3) is 0.267. The molecule has 0 N–H and O–H groups in total.